The molecular weight excluding hydrogens is 601 g/mol. The summed E-state index contributed by atoms with van der Waals surface area (Å²) in [6.45, 7) is 15.9. The van der Waals surface area contributed by atoms with E-state index in [2.05, 4.69) is 139 Å². The van der Waals surface area contributed by atoms with Crippen molar-refractivity contribution in [3.63, 3.8) is 0 Å². The average molecular weight is 649 g/mol. The quantitative estimate of drug-likeness (QED) is 0.108. The van der Waals surface area contributed by atoms with Gasteiger partial charge in [-0.2, -0.15) is 0 Å². The van der Waals surface area contributed by atoms with E-state index in [1.54, 1.807) is 0 Å². The molecule has 4 aromatic rings. The van der Waals surface area contributed by atoms with E-state index in [9.17, 15) is 4.79 Å². The Labute approximate surface area is 277 Å². The average Bonchev–Trinajstić information content (AvgIpc) is 3.37. The van der Waals surface area contributed by atoms with Crippen LogP contribution in [0.2, 0.25) is 10.1 Å². The zero-order valence-electron chi connectivity index (χ0n) is 28.4. The summed E-state index contributed by atoms with van der Waals surface area (Å²) in [5.41, 5.74) is -0.323. The Bertz CT molecular complexity index is 1440. The van der Waals surface area contributed by atoms with Crippen molar-refractivity contribution in [3.05, 3.63) is 133 Å². The Morgan fingerprint density at radius 3 is 1.15 bits per heavy atom. The van der Waals surface area contributed by atoms with E-state index >= 15 is 0 Å². The van der Waals surface area contributed by atoms with E-state index in [-0.39, 0.29) is 29.3 Å². The second-order valence-corrected chi connectivity index (χ2v) is 23.1. The smallest absolute Gasteiger partial charge is 0.334 e. The highest BCUT2D eigenvalue weighted by molar-refractivity contribution is 7.00. The third kappa shape index (κ3) is 6.24. The largest absolute Gasteiger partial charge is 0.451 e. The first-order valence-corrected chi connectivity index (χ1v) is 20.1. The van der Waals surface area contributed by atoms with Gasteiger partial charge in [0.25, 0.3) is 16.6 Å². The molecule has 4 nitrogen and oxygen atoms in total. The number of ether oxygens (including phenoxy) is 1. The molecule has 0 N–H and O–H groups in total. The minimum atomic E-state index is -2.91. The molecule has 240 valence electrons. The first kappa shape index (κ1) is 33.8. The molecule has 0 atom stereocenters. The molecular formula is C40H48O4Si2. The highest BCUT2D eigenvalue weighted by Crippen LogP contribution is 2.42. The van der Waals surface area contributed by atoms with Gasteiger partial charge < -0.3 is 13.6 Å². The molecule has 5 rings (SSSR count). The van der Waals surface area contributed by atoms with Crippen LogP contribution < -0.4 is 20.7 Å². The van der Waals surface area contributed by atoms with Crippen molar-refractivity contribution < 1.29 is 18.4 Å². The van der Waals surface area contributed by atoms with Gasteiger partial charge in [-0.25, -0.2) is 4.79 Å². The molecule has 0 unspecified atom stereocenters. The Morgan fingerprint density at radius 1 is 0.609 bits per heavy atom. The third-order valence-electron chi connectivity index (χ3n) is 9.37. The molecule has 0 amide bonds. The Morgan fingerprint density at radius 2 is 0.913 bits per heavy atom. The number of rotatable bonds is 10. The van der Waals surface area contributed by atoms with Crippen molar-refractivity contribution in [1.82, 2.24) is 0 Å². The number of hydrogen-bond acceptors (Lipinski definition) is 4. The molecule has 6 heteroatoms. The van der Waals surface area contributed by atoms with E-state index in [1.807, 2.05) is 37.3 Å². The van der Waals surface area contributed by atoms with Gasteiger partial charge in [0.05, 0.1) is 13.2 Å². The van der Waals surface area contributed by atoms with Gasteiger partial charge in [0.2, 0.25) is 0 Å². The normalized spacial score (nSPS) is 16.4. The molecule has 0 bridgehead atoms. The summed E-state index contributed by atoms with van der Waals surface area (Å²) in [5.74, 6) is -0.292. The van der Waals surface area contributed by atoms with Gasteiger partial charge in [-0.3, -0.25) is 0 Å². The Balaban J connectivity index is 1.63. The van der Waals surface area contributed by atoms with Crippen LogP contribution in [0, 0.1) is 0 Å². The zero-order valence-corrected chi connectivity index (χ0v) is 30.4. The molecule has 0 aliphatic carbocycles. The fourth-order valence-corrected chi connectivity index (χ4v) is 16.4. The monoisotopic (exact) mass is 648 g/mol. The van der Waals surface area contributed by atoms with Gasteiger partial charge >= 0.3 is 5.97 Å². The van der Waals surface area contributed by atoms with Gasteiger partial charge in [-0.1, -0.05) is 169 Å². The number of benzene rings is 4. The maximum Gasteiger partial charge on any atom is 0.334 e. The van der Waals surface area contributed by atoms with Gasteiger partial charge in [0, 0.05) is 12.0 Å². The lowest BCUT2D eigenvalue weighted by Gasteiger charge is -2.46. The minimum absolute atomic E-state index is 0.220. The molecule has 1 heterocycles. The number of esters is 1. The first-order valence-electron chi connectivity index (χ1n) is 16.3. The van der Waals surface area contributed by atoms with Crippen molar-refractivity contribution in [2.24, 2.45) is 0 Å². The maximum atomic E-state index is 13.4. The lowest BCUT2D eigenvalue weighted by molar-refractivity contribution is -0.152. The predicted octanol–water partition coefficient (Wildman–Crippen LogP) is 6.77. The van der Waals surface area contributed by atoms with Crippen LogP contribution >= 0.6 is 0 Å². The van der Waals surface area contributed by atoms with Crippen molar-refractivity contribution in [3.8, 4) is 0 Å². The summed E-state index contributed by atoms with van der Waals surface area (Å²) < 4.78 is 21.3. The van der Waals surface area contributed by atoms with Crippen molar-refractivity contribution >= 4 is 43.4 Å². The zero-order chi connectivity index (χ0) is 33.1. The molecule has 0 saturated carbocycles. The van der Waals surface area contributed by atoms with Crippen LogP contribution in [0.1, 0.15) is 54.9 Å². The van der Waals surface area contributed by atoms with Crippen LogP contribution in [0.15, 0.2) is 133 Å². The van der Waals surface area contributed by atoms with Crippen LogP contribution in [-0.4, -0.2) is 41.4 Å². The van der Waals surface area contributed by atoms with E-state index in [0.29, 0.717) is 12.0 Å². The van der Waals surface area contributed by atoms with Crippen molar-refractivity contribution in [1.29, 1.82) is 0 Å². The van der Waals surface area contributed by atoms with Gasteiger partial charge in [-0.05, 0) is 37.7 Å². The molecule has 1 fully saturated rings. The van der Waals surface area contributed by atoms with Crippen LogP contribution in [0.3, 0.4) is 0 Å². The second-order valence-electron chi connectivity index (χ2n) is 14.5. The van der Waals surface area contributed by atoms with Crippen LogP contribution in [0.4, 0.5) is 0 Å². The Kier molecular flexibility index (Phi) is 9.76. The SMILES string of the molecule is C/C=C1/CC(CO[Si](c2ccccc2)(c2ccccc2)C(C)(C)C)(CO[Si](c2ccccc2)(c2ccccc2)C(C)(C)C)OC1=O. The van der Waals surface area contributed by atoms with Crippen LogP contribution in [0.25, 0.3) is 0 Å². The van der Waals surface area contributed by atoms with E-state index in [4.69, 9.17) is 13.6 Å². The summed E-state index contributed by atoms with van der Waals surface area (Å²) in [6, 6.07) is 42.4. The molecule has 0 aromatic heterocycles. The van der Waals surface area contributed by atoms with E-state index < -0.39 is 22.2 Å². The van der Waals surface area contributed by atoms with Crippen LogP contribution in [-0.2, 0) is 18.4 Å². The van der Waals surface area contributed by atoms with Gasteiger partial charge in [0.1, 0.15) is 0 Å². The van der Waals surface area contributed by atoms with Crippen molar-refractivity contribution in [2.75, 3.05) is 13.2 Å². The summed E-state index contributed by atoms with van der Waals surface area (Å²) in [5, 5.41) is 4.31. The summed E-state index contributed by atoms with van der Waals surface area (Å²) in [7, 11) is -5.82. The fraction of sp³-hybridized carbons (Fsp3) is 0.325. The standard InChI is InChI=1S/C40H48O4Si2/c1-8-32-29-40(44-37(32)41,30-42-45(38(2,3)4,33-21-13-9-14-22-33)34-23-15-10-16-24-34)31-43-46(39(5,6)7,35-25-17-11-18-26-35)36-27-19-12-20-28-36/h8-28H,29-31H2,1-7H3/b32-8-. The summed E-state index contributed by atoms with van der Waals surface area (Å²) in [6.07, 6.45) is 2.30. The maximum absolute atomic E-state index is 13.4. The Hall–Kier alpha value is -3.56. The summed E-state index contributed by atoms with van der Waals surface area (Å²) >= 11 is 0. The first-order chi connectivity index (χ1) is 21.9. The number of cyclic esters (lactones) is 1. The highest BCUT2D eigenvalue weighted by Gasteiger charge is 2.56. The predicted molar refractivity (Wildman–Crippen MR) is 194 cm³/mol. The molecule has 4 aromatic carbocycles. The topological polar surface area (TPSA) is 44.8 Å². The van der Waals surface area contributed by atoms with Gasteiger partial charge in [-0.15, -0.1) is 0 Å². The number of allylic oxidation sites excluding steroid dienone is 1. The van der Waals surface area contributed by atoms with Gasteiger partial charge in [0.15, 0.2) is 5.60 Å². The van der Waals surface area contributed by atoms with Crippen LogP contribution in [0.5, 0.6) is 0 Å². The molecule has 1 saturated heterocycles. The van der Waals surface area contributed by atoms with E-state index in [0.717, 1.165) is 0 Å². The fourth-order valence-electron chi connectivity index (χ4n) is 7.14. The highest BCUT2D eigenvalue weighted by atomic mass is 28.4. The molecule has 1 aliphatic heterocycles. The van der Waals surface area contributed by atoms with Crippen molar-refractivity contribution in [2.45, 2.75) is 70.6 Å². The number of hydrogen-bond donors (Lipinski definition) is 0. The number of carbonyl (C=O) groups excluding carboxylic acids is 1. The molecule has 46 heavy (non-hydrogen) atoms. The number of carbonyl (C=O) groups is 1. The minimum Gasteiger partial charge on any atom is -0.451 e. The summed E-state index contributed by atoms with van der Waals surface area (Å²) in [4.78, 5) is 13.4. The third-order valence-corrected chi connectivity index (χ3v) is 19.3. The second kappa shape index (κ2) is 13.3. The van der Waals surface area contributed by atoms with E-state index in [1.165, 1.54) is 20.7 Å². The lowest BCUT2D eigenvalue weighted by Crippen LogP contribution is -2.69. The lowest BCUT2D eigenvalue weighted by atomic mass is 10.00. The molecule has 0 spiro atoms. The molecule has 0 radical (unpaired) electrons. The molecule has 1 aliphatic rings.